The lowest BCUT2D eigenvalue weighted by molar-refractivity contribution is -0.122. The molecule has 1 aromatic rings. The molecule has 1 unspecified atom stereocenters. The van der Waals surface area contributed by atoms with E-state index in [0.29, 0.717) is 18.9 Å². The molecule has 1 N–H and O–H groups in total. The van der Waals surface area contributed by atoms with Crippen LogP contribution in [-0.2, 0) is 4.79 Å². The van der Waals surface area contributed by atoms with E-state index in [1.807, 2.05) is 37.3 Å². The normalized spacial score (nSPS) is 11.9. The second-order valence-electron chi connectivity index (χ2n) is 3.86. The zero-order valence-electron chi connectivity index (χ0n) is 9.99. The smallest absolute Gasteiger partial charge is 0.223 e. The van der Waals surface area contributed by atoms with Crippen LogP contribution in [0, 0.1) is 0 Å². The van der Waals surface area contributed by atoms with Crippen LogP contribution in [0.2, 0.25) is 0 Å². The van der Waals surface area contributed by atoms with Crippen molar-refractivity contribution in [2.45, 2.75) is 25.8 Å². The molecule has 3 nitrogen and oxygen atoms in total. The quantitative estimate of drug-likeness (QED) is 0.761. The Hall–Kier alpha value is -1.22. The Bertz CT molecular complexity index is 329. The van der Waals surface area contributed by atoms with Gasteiger partial charge < -0.3 is 10.1 Å². The van der Waals surface area contributed by atoms with Gasteiger partial charge in [0.05, 0.1) is 13.0 Å². The molecule has 17 heavy (non-hydrogen) atoms. The highest BCUT2D eigenvalue weighted by atomic mass is 35.5. The Morgan fingerprint density at radius 3 is 2.76 bits per heavy atom. The summed E-state index contributed by atoms with van der Waals surface area (Å²) in [6.45, 7) is 2.34. The molecule has 0 aromatic heterocycles. The van der Waals surface area contributed by atoms with Crippen LogP contribution in [0.4, 0.5) is 0 Å². The number of rotatable bonds is 7. The number of carbonyl (C=O) groups is 1. The summed E-state index contributed by atoms with van der Waals surface area (Å²) < 4.78 is 5.43. The number of ether oxygens (including phenoxy) is 1. The van der Waals surface area contributed by atoms with Crippen molar-refractivity contribution in [1.29, 1.82) is 0 Å². The molecule has 0 saturated carbocycles. The minimum absolute atomic E-state index is 0.00134. The highest BCUT2D eigenvalue weighted by Gasteiger charge is 2.06. The SMILES string of the molecule is CC(CCCl)NC(=O)CCOc1ccccc1. The van der Waals surface area contributed by atoms with Gasteiger partial charge in [-0.05, 0) is 25.5 Å². The molecule has 0 fully saturated rings. The van der Waals surface area contributed by atoms with Crippen LogP contribution in [-0.4, -0.2) is 24.4 Å². The van der Waals surface area contributed by atoms with Crippen molar-refractivity contribution >= 4 is 17.5 Å². The van der Waals surface area contributed by atoms with Gasteiger partial charge in [-0.3, -0.25) is 4.79 Å². The predicted molar refractivity (Wildman–Crippen MR) is 69.5 cm³/mol. The van der Waals surface area contributed by atoms with E-state index < -0.39 is 0 Å². The fourth-order valence-electron chi connectivity index (χ4n) is 1.36. The summed E-state index contributed by atoms with van der Waals surface area (Å²) >= 11 is 5.59. The Morgan fingerprint density at radius 1 is 1.41 bits per heavy atom. The number of amides is 1. The number of para-hydroxylation sites is 1. The minimum Gasteiger partial charge on any atom is -0.493 e. The fraction of sp³-hybridized carbons (Fsp3) is 0.462. The van der Waals surface area contributed by atoms with Gasteiger partial charge >= 0.3 is 0 Å². The summed E-state index contributed by atoms with van der Waals surface area (Å²) in [5, 5.41) is 2.86. The molecule has 1 amide bonds. The molecule has 0 bridgehead atoms. The molecule has 0 saturated heterocycles. The number of benzene rings is 1. The molecule has 0 spiro atoms. The van der Waals surface area contributed by atoms with Crippen LogP contribution in [0.25, 0.3) is 0 Å². The minimum atomic E-state index is -0.00134. The summed E-state index contributed by atoms with van der Waals surface area (Å²) in [5.74, 6) is 1.34. The standard InChI is InChI=1S/C13H18ClNO2/c1-11(7-9-14)15-13(16)8-10-17-12-5-3-2-4-6-12/h2-6,11H,7-10H2,1H3,(H,15,16). The third-order valence-electron chi connectivity index (χ3n) is 2.29. The molecule has 0 aliphatic carbocycles. The van der Waals surface area contributed by atoms with Crippen molar-refractivity contribution in [1.82, 2.24) is 5.32 Å². The number of carbonyl (C=O) groups excluding carboxylic acids is 1. The van der Waals surface area contributed by atoms with Crippen LogP contribution in [0.5, 0.6) is 5.75 Å². The fourth-order valence-corrected chi connectivity index (χ4v) is 1.69. The first-order valence-corrected chi connectivity index (χ1v) is 6.29. The number of alkyl halides is 1. The Balaban J connectivity index is 2.16. The van der Waals surface area contributed by atoms with Crippen LogP contribution in [0.3, 0.4) is 0 Å². The number of hydrogen-bond acceptors (Lipinski definition) is 2. The molecule has 94 valence electrons. The van der Waals surface area contributed by atoms with Crippen LogP contribution >= 0.6 is 11.6 Å². The molecular formula is C13H18ClNO2. The van der Waals surface area contributed by atoms with Crippen molar-refractivity contribution in [2.24, 2.45) is 0 Å². The van der Waals surface area contributed by atoms with Gasteiger partial charge in [0.2, 0.25) is 5.91 Å². The van der Waals surface area contributed by atoms with Gasteiger partial charge in [0.1, 0.15) is 5.75 Å². The lowest BCUT2D eigenvalue weighted by Gasteiger charge is -2.12. The number of halogens is 1. The summed E-state index contributed by atoms with van der Waals surface area (Å²) in [5.41, 5.74) is 0. The van der Waals surface area contributed by atoms with E-state index in [-0.39, 0.29) is 11.9 Å². The van der Waals surface area contributed by atoms with Gasteiger partial charge in [-0.25, -0.2) is 0 Å². The van der Waals surface area contributed by atoms with E-state index in [0.717, 1.165) is 12.2 Å². The van der Waals surface area contributed by atoms with Crippen LogP contribution in [0.1, 0.15) is 19.8 Å². The van der Waals surface area contributed by atoms with E-state index in [9.17, 15) is 4.79 Å². The van der Waals surface area contributed by atoms with Crippen molar-refractivity contribution in [2.75, 3.05) is 12.5 Å². The van der Waals surface area contributed by atoms with Gasteiger partial charge in [-0.15, -0.1) is 11.6 Å². The third kappa shape index (κ3) is 6.17. The largest absolute Gasteiger partial charge is 0.493 e. The maximum atomic E-state index is 11.5. The second kappa shape index (κ2) is 7.96. The molecule has 0 radical (unpaired) electrons. The highest BCUT2D eigenvalue weighted by molar-refractivity contribution is 6.17. The van der Waals surface area contributed by atoms with E-state index in [4.69, 9.17) is 16.3 Å². The molecular weight excluding hydrogens is 238 g/mol. The monoisotopic (exact) mass is 255 g/mol. The molecule has 1 rings (SSSR count). The Kier molecular flexibility index (Phi) is 6.48. The Morgan fingerprint density at radius 2 is 2.12 bits per heavy atom. The molecule has 0 heterocycles. The predicted octanol–water partition coefficient (Wildman–Crippen LogP) is 2.59. The van der Waals surface area contributed by atoms with Crippen molar-refractivity contribution in [3.63, 3.8) is 0 Å². The van der Waals surface area contributed by atoms with E-state index in [1.165, 1.54) is 0 Å². The summed E-state index contributed by atoms with van der Waals surface area (Å²) in [6.07, 6.45) is 1.15. The van der Waals surface area contributed by atoms with Gasteiger partial charge in [0, 0.05) is 11.9 Å². The lowest BCUT2D eigenvalue weighted by Crippen LogP contribution is -2.33. The summed E-state index contributed by atoms with van der Waals surface area (Å²) in [6, 6.07) is 9.59. The first-order valence-electron chi connectivity index (χ1n) is 5.75. The molecule has 4 heteroatoms. The first-order chi connectivity index (χ1) is 8.22. The highest BCUT2D eigenvalue weighted by Crippen LogP contribution is 2.08. The van der Waals surface area contributed by atoms with Crippen molar-refractivity contribution < 1.29 is 9.53 Å². The zero-order valence-corrected chi connectivity index (χ0v) is 10.7. The molecule has 1 atom stereocenters. The van der Waals surface area contributed by atoms with Gasteiger partial charge in [-0.2, -0.15) is 0 Å². The van der Waals surface area contributed by atoms with E-state index >= 15 is 0 Å². The van der Waals surface area contributed by atoms with E-state index in [1.54, 1.807) is 0 Å². The summed E-state index contributed by atoms with van der Waals surface area (Å²) in [4.78, 5) is 11.5. The average molecular weight is 256 g/mol. The molecule has 0 aliphatic heterocycles. The van der Waals surface area contributed by atoms with Gasteiger partial charge in [0.25, 0.3) is 0 Å². The zero-order chi connectivity index (χ0) is 12.5. The Labute approximate surface area is 107 Å². The topological polar surface area (TPSA) is 38.3 Å². The summed E-state index contributed by atoms with van der Waals surface area (Å²) in [7, 11) is 0. The van der Waals surface area contributed by atoms with Crippen molar-refractivity contribution in [3.8, 4) is 5.75 Å². The number of nitrogens with one attached hydrogen (secondary N) is 1. The third-order valence-corrected chi connectivity index (χ3v) is 2.51. The lowest BCUT2D eigenvalue weighted by atomic mass is 10.2. The first kappa shape index (κ1) is 13.8. The van der Waals surface area contributed by atoms with E-state index in [2.05, 4.69) is 5.32 Å². The van der Waals surface area contributed by atoms with Crippen LogP contribution < -0.4 is 10.1 Å². The maximum Gasteiger partial charge on any atom is 0.223 e. The molecule has 1 aromatic carbocycles. The van der Waals surface area contributed by atoms with Gasteiger partial charge in [-0.1, -0.05) is 18.2 Å². The molecule has 0 aliphatic rings. The number of hydrogen-bond donors (Lipinski definition) is 1. The maximum absolute atomic E-state index is 11.5. The van der Waals surface area contributed by atoms with Crippen molar-refractivity contribution in [3.05, 3.63) is 30.3 Å². The average Bonchev–Trinajstić information content (AvgIpc) is 2.30. The van der Waals surface area contributed by atoms with Crippen LogP contribution in [0.15, 0.2) is 30.3 Å². The van der Waals surface area contributed by atoms with Gasteiger partial charge in [0.15, 0.2) is 0 Å². The second-order valence-corrected chi connectivity index (χ2v) is 4.24.